The van der Waals surface area contributed by atoms with E-state index in [1.165, 1.54) is 6.07 Å². The van der Waals surface area contributed by atoms with E-state index in [0.29, 0.717) is 22.2 Å². The molecule has 3 aromatic rings. The van der Waals surface area contributed by atoms with Gasteiger partial charge < -0.3 is 4.98 Å². The van der Waals surface area contributed by atoms with Crippen LogP contribution in [0.1, 0.15) is 0 Å². The minimum atomic E-state index is -1.20. The Morgan fingerprint density at radius 2 is 1.67 bits per heavy atom. The molecule has 0 radical (unpaired) electrons. The standard InChI is InChI=1S/C14H7F3N2OS/c15-7-5-9(16)12(10(17)6-7)19-13(20)8-3-1-2-4-11(8)18-14(19)21/h1-6H,(H,18,21). The normalized spacial score (nSPS) is 11.0. The van der Waals surface area contributed by atoms with E-state index in [-0.39, 0.29) is 10.2 Å². The summed E-state index contributed by atoms with van der Waals surface area (Å²) in [4.78, 5) is 15.1. The highest BCUT2D eigenvalue weighted by molar-refractivity contribution is 7.71. The first-order valence-electron chi connectivity index (χ1n) is 5.88. The minimum absolute atomic E-state index is 0.178. The van der Waals surface area contributed by atoms with Crippen molar-refractivity contribution >= 4 is 23.1 Å². The Balaban J connectivity index is 2.47. The van der Waals surface area contributed by atoms with Crippen LogP contribution in [0.15, 0.2) is 41.2 Å². The molecule has 0 saturated heterocycles. The van der Waals surface area contributed by atoms with Gasteiger partial charge in [-0.05, 0) is 24.4 Å². The Kier molecular flexibility index (Phi) is 3.13. The maximum Gasteiger partial charge on any atom is 0.266 e. The minimum Gasteiger partial charge on any atom is -0.331 e. The highest BCUT2D eigenvalue weighted by atomic mass is 32.1. The summed E-state index contributed by atoms with van der Waals surface area (Å²) in [5.41, 5.74) is -0.932. The first-order chi connectivity index (χ1) is 9.99. The molecule has 0 atom stereocenters. The van der Waals surface area contributed by atoms with Crippen LogP contribution in [0, 0.1) is 22.2 Å². The molecule has 1 heterocycles. The molecule has 3 rings (SSSR count). The first kappa shape index (κ1) is 13.6. The number of nitrogens with zero attached hydrogens (tertiary/aromatic N) is 1. The molecule has 2 aromatic carbocycles. The summed E-state index contributed by atoms with van der Waals surface area (Å²) < 4.78 is 41.2. The molecule has 0 bridgehead atoms. The Labute approximate surface area is 121 Å². The molecule has 0 amide bonds. The number of hydrogen-bond donors (Lipinski definition) is 1. The third-order valence-corrected chi connectivity index (χ3v) is 3.30. The average molecular weight is 308 g/mol. The molecule has 0 fully saturated rings. The summed E-state index contributed by atoms with van der Waals surface area (Å²) in [6, 6.07) is 7.41. The molecule has 3 nitrogen and oxygen atoms in total. The Hall–Kier alpha value is -2.41. The van der Waals surface area contributed by atoms with E-state index < -0.39 is 28.7 Å². The van der Waals surface area contributed by atoms with Gasteiger partial charge >= 0.3 is 0 Å². The number of rotatable bonds is 1. The number of hydrogen-bond acceptors (Lipinski definition) is 2. The lowest BCUT2D eigenvalue weighted by molar-refractivity contribution is 0.531. The van der Waals surface area contributed by atoms with E-state index in [2.05, 4.69) is 4.98 Å². The summed E-state index contributed by atoms with van der Waals surface area (Å²) in [5, 5.41) is 0.217. The van der Waals surface area contributed by atoms with Crippen LogP contribution in [0.4, 0.5) is 13.2 Å². The Morgan fingerprint density at radius 3 is 2.33 bits per heavy atom. The molecule has 0 aliphatic carbocycles. The summed E-state index contributed by atoms with van der Waals surface area (Å²) in [6.45, 7) is 0. The van der Waals surface area contributed by atoms with Gasteiger partial charge in [-0.1, -0.05) is 12.1 Å². The highest BCUT2D eigenvalue weighted by Gasteiger charge is 2.17. The van der Waals surface area contributed by atoms with Gasteiger partial charge in [-0.2, -0.15) is 0 Å². The van der Waals surface area contributed by atoms with E-state index in [1.54, 1.807) is 18.2 Å². The van der Waals surface area contributed by atoms with Crippen LogP contribution < -0.4 is 5.56 Å². The van der Waals surface area contributed by atoms with Gasteiger partial charge in [-0.15, -0.1) is 0 Å². The van der Waals surface area contributed by atoms with Crippen molar-refractivity contribution in [2.75, 3.05) is 0 Å². The fraction of sp³-hybridized carbons (Fsp3) is 0. The smallest absolute Gasteiger partial charge is 0.266 e. The van der Waals surface area contributed by atoms with Crippen molar-refractivity contribution in [2.24, 2.45) is 0 Å². The van der Waals surface area contributed by atoms with Gasteiger partial charge in [0.05, 0.1) is 10.9 Å². The Morgan fingerprint density at radius 1 is 1.05 bits per heavy atom. The molecule has 0 aliphatic rings. The average Bonchev–Trinajstić information content (AvgIpc) is 2.41. The van der Waals surface area contributed by atoms with E-state index >= 15 is 0 Å². The number of nitrogens with one attached hydrogen (secondary N) is 1. The van der Waals surface area contributed by atoms with Crippen LogP contribution in [0.2, 0.25) is 0 Å². The molecule has 1 N–H and O–H groups in total. The lowest BCUT2D eigenvalue weighted by atomic mass is 10.2. The number of aromatic nitrogens is 2. The zero-order chi connectivity index (χ0) is 15.1. The van der Waals surface area contributed by atoms with Crippen LogP contribution in [-0.2, 0) is 0 Å². The second-order valence-electron chi connectivity index (χ2n) is 4.33. The van der Waals surface area contributed by atoms with Gasteiger partial charge in [0.15, 0.2) is 16.4 Å². The molecule has 0 aliphatic heterocycles. The van der Waals surface area contributed by atoms with Crippen molar-refractivity contribution in [1.29, 1.82) is 0 Å². The zero-order valence-electron chi connectivity index (χ0n) is 10.4. The highest BCUT2D eigenvalue weighted by Crippen LogP contribution is 2.19. The van der Waals surface area contributed by atoms with Crippen LogP contribution in [0.25, 0.3) is 16.6 Å². The van der Waals surface area contributed by atoms with Crippen molar-refractivity contribution in [3.8, 4) is 5.69 Å². The Bertz CT molecular complexity index is 955. The predicted octanol–water partition coefficient (Wildman–Crippen LogP) is 3.47. The molecule has 7 heteroatoms. The van der Waals surface area contributed by atoms with Crippen molar-refractivity contribution in [1.82, 2.24) is 9.55 Å². The van der Waals surface area contributed by atoms with Crippen molar-refractivity contribution in [3.05, 3.63) is 69.0 Å². The summed E-state index contributed by atoms with van der Waals surface area (Å²) in [6.07, 6.45) is 0. The van der Waals surface area contributed by atoms with Crippen LogP contribution in [-0.4, -0.2) is 9.55 Å². The predicted molar refractivity (Wildman–Crippen MR) is 74.6 cm³/mol. The van der Waals surface area contributed by atoms with Crippen molar-refractivity contribution < 1.29 is 13.2 Å². The SMILES string of the molecule is O=c1c2ccccc2[nH]c(=S)n1-c1c(F)cc(F)cc1F. The number of H-pyrrole nitrogens is 1. The summed E-state index contributed by atoms with van der Waals surface area (Å²) in [5.74, 6) is -3.48. The number of benzene rings is 2. The van der Waals surface area contributed by atoms with Crippen molar-refractivity contribution in [3.63, 3.8) is 0 Å². The fourth-order valence-corrected chi connectivity index (χ4v) is 2.40. The molecular weight excluding hydrogens is 301 g/mol. The largest absolute Gasteiger partial charge is 0.331 e. The molecular formula is C14H7F3N2OS. The number of halogens is 3. The van der Waals surface area contributed by atoms with Crippen molar-refractivity contribution in [2.45, 2.75) is 0 Å². The van der Waals surface area contributed by atoms with Gasteiger partial charge in [0.2, 0.25) is 0 Å². The van der Waals surface area contributed by atoms with Crippen LogP contribution in [0.5, 0.6) is 0 Å². The van der Waals surface area contributed by atoms with E-state index in [1.807, 2.05) is 0 Å². The topological polar surface area (TPSA) is 37.8 Å². The molecule has 0 spiro atoms. The first-order valence-corrected chi connectivity index (χ1v) is 6.29. The number of aromatic amines is 1. The third kappa shape index (κ3) is 2.15. The number of fused-ring (bicyclic) bond motifs is 1. The molecule has 106 valence electrons. The molecule has 1 aromatic heterocycles. The third-order valence-electron chi connectivity index (χ3n) is 3.01. The molecule has 21 heavy (non-hydrogen) atoms. The lowest BCUT2D eigenvalue weighted by Crippen LogP contribution is -2.22. The summed E-state index contributed by atoms with van der Waals surface area (Å²) in [7, 11) is 0. The maximum atomic E-state index is 13.9. The second-order valence-corrected chi connectivity index (χ2v) is 4.72. The zero-order valence-corrected chi connectivity index (χ0v) is 11.2. The number of para-hydroxylation sites is 1. The van der Waals surface area contributed by atoms with Gasteiger partial charge in [-0.25, -0.2) is 17.7 Å². The maximum absolute atomic E-state index is 13.9. The van der Waals surface area contributed by atoms with E-state index in [0.717, 1.165) is 0 Å². The van der Waals surface area contributed by atoms with Crippen LogP contribution in [0.3, 0.4) is 0 Å². The monoisotopic (exact) mass is 308 g/mol. The molecule has 0 unspecified atom stereocenters. The van der Waals surface area contributed by atoms with Gasteiger partial charge in [-0.3, -0.25) is 4.79 Å². The second kappa shape index (κ2) is 4.85. The fourth-order valence-electron chi connectivity index (χ4n) is 2.11. The quantitative estimate of drug-likeness (QED) is 0.699. The van der Waals surface area contributed by atoms with Gasteiger partial charge in [0, 0.05) is 12.1 Å². The van der Waals surface area contributed by atoms with Gasteiger partial charge in [0.25, 0.3) is 5.56 Å². The van der Waals surface area contributed by atoms with Gasteiger partial charge in [0.1, 0.15) is 11.5 Å². The van der Waals surface area contributed by atoms with E-state index in [4.69, 9.17) is 12.2 Å². The van der Waals surface area contributed by atoms with Crippen LogP contribution >= 0.6 is 12.2 Å². The lowest BCUT2D eigenvalue weighted by Gasteiger charge is -2.10. The van der Waals surface area contributed by atoms with E-state index in [9.17, 15) is 18.0 Å². The summed E-state index contributed by atoms with van der Waals surface area (Å²) >= 11 is 4.98. The molecule has 0 saturated carbocycles.